The van der Waals surface area contributed by atoms with Gasteiger partial charge in [-0.05, 0) is 32.2 Å². The molecule has 0 aromatic carbocycles. The molecule has 2 heterocycles. The highest BCUT2D eigenvalue weighted by molar-refractivity contribution is 14.0. The van der Waals surface area contributed by atoms with E-state index in [1.165, 1.54) is 45.3 Å². The molecule has 0 radical (unpaired) electrons. The Kier molecular flexibility index (Phi) is 7.20. The van der Waals surface area contributed by atoms with Gasteiger partial charge < -0.3 is 20.3 Å². The number of ether oxygens (including phenoxy) is 1. The van der Waals surface area contributed by atoms with Gasteiger partial charge in [0, 0.05) is 50.2 Å². The van der Waals surface area contributed by atoms with E-state index in [2.05, 4.69) is 41.3 Å². The molecule has 3 unspecified atom stereocenters. The summed E-state index contributed by atoms with van der Waals surface area (Å²) >= 11 is 0. The van der Waals surface area contributed by atoms with Gasteiger partial charge in [0.15, 0.2) is 5.96 Å². The van der Waals surface area contributed by atoms with Crippen LogP contribution in [0.1, 0.15) is 46.5 Å². The third kappa shape index (κ3) is 4.01. The van der Waals surface area contributed by atoms with Gasteiger partial charge in [-0.3, -0.25) is 4.99 Å². The quantitative estimate of drug-likeness (QED) is 0.393. The number of rotatable bonds is 4. The Morgan fingerprint density at radius 1 is 1.21 bits per heavy atom. The first-order valence-corrected chi connectivity index (χ1v) is 9.40. The molecule has 5 nitrogen and oxygen atoms in total. The van der Waals surface area contributed by atoms with Crippen LogP contribution in [0, 0.1) is 11.3 Å². The van der Waals surface area contributed by atoms with E-state index in [-0.39, 0.29) is 29.4 Å². The fourth-order valence-corrected chi connectivity index (χ4v) is 4.75. The average molecular weight is 450 g/mol. The van der Waals surface area contributed by atoms with Crippen LogP contribution in [-0.2, 0) is 4.74 Å². The molecular weight excluding hydrogens is 415 g/mol. The minimum Gasteiger partial charge on any atom is -0.377 e. The van der Waals surface area contributed by atoms with Gasteiger partial charge in [-0.1, -0.05) is 20.8 Å². The number of likely N-dealkylation sites (tertiary alicyclic amines) is 1. The Bertz CT molecular complexity index is 435. The van der Waals surface area contributed by atoms with Crippen LogP contribution in [0.3, 0.4) is 0 Å². The molecule has 0 spiro atoms. The molecule has 3 fully saturated rings. The first kappa shape index (κ1) is 20.2. The SMILES string of the molecule is CCCN1CCC(NC(=NC)NC2C3CCOC3C2(C)C)CC1.I. The number of fused-ring (bicyclic) bond motifs is 1. The third-order valence-corrected chi connectivity index (χ3v) is 6.08. The summed E-state index contributed by atoms with van der Waals surface area (Å²) in [6.45, 7) is 11.4. The molecule has 3 atom stereocenters. The van der Waals surface area contributed by atoms with Crippen molar-refractivity contribution in [2.75, 3.05) is 33.3 Å². The topological polar surface area (TPSA) is 48.9 Å². The van der Waals surface area contributed by atoms with E-state index in [9.17, 15) is 0 Å². The van der Waals surface area contributed by atoms with Crippen molar-refractivity contribution in [2.45, 2.75) is 64.6 Å². The Morgan fingerprint density at radius 2 is 1.92 bits per heavy atom. The molecule has 1 saturated carbocycles. The van der Waals surface area contributed by atoms with E-state index in [0.717, 1.165) is 12.6 Å². The Balaban J connectivity index is 0.00000208. The molecule has 1 aliphatic carbocycles. The standard InChI is InChI=1S/C18H34N4O.HI/c1-5-9-22-10-6-13(7-11-22)20-17(19-4)21-15-14-8-12-23-16(14)18(15,2)3;/h13-16H,5-12H2,1-4H3,(H2,19,20,21);1H. The Labute approximate surface area is 164 Å². The molecule has 0 aromatic rings. The number of nitrogens with one attached hydrogen (secondary N) is 2. The third-order valence-electron chi connectivity index (χ3n) is 6.08. The van der Waals surface area contributed by atoms with Gasteiger partial charge in [0.1, 0.15) is 0 Å². The fourth-order valence-electron chi connectivity index (χ4n) is 4.75. The van der Waals surface area contributed by atoms with Gasteiger partial charge in [0.05, 0.1) is 6.10 Å². The number of aliphatic imine (C=N–C) groups is 1. The molecule has 3 rings (SSSR count). The van der Waals surface area contributed by atoms with E-state index in [1.807, 2.05) is 7.05 Å². The van der Waals surface area contributed by atoms with Crippen LogP contribution in [0.4, 0.5) is 0 Å². The normalized spacial score (nSPS) is 33.3. The van der Waals surface area contributed by atoms with E-state index in [1.54, 1.807) is 0 Å². The molecule has 0 aromatic heterocycles. The highest BCUT2D eigenvalue weighted by Gasteiger charge is 2.59. The molecule has 2 aliphatic heterocycles. The van der Waals surface area contributed by atoms with Crippen LogP contribution >= 0.6 is 24.0 Å². The highest BCUT2D eigenvalue weighted by atomic mass is 127. The van der Waals surface area contributed by atoms with Crippen molar-refractivity contribution in [1.29, 1.82) is 0 Å². The maximum absolute atomic E-state index is 5.89. The molecule has 2 N–H and O–H groups in total. The summed E-state index contributed by atoms with van der Waals surface area (Å²) < 4.78 is 5.89. The predicted octanol–water partition coefficient (Wildman–Crippen LogP) is 2.46. The number of hydrogen-bond donors (Lipinski definition) is 2. The summed E-state index contributed by atoms with van der Waals surface area (Å²) in [5, 5.41) is 7.35. The van der Waals surface area contributed by atoms with Crippen molar-refractivity contribution in [3.8, 4) is 0 Å². The summed E-state index contributed by atoms with van der Waals surface area (Å²) in [4.78, 5) is 7.05. The predicted molar refractivity (Wildman–Crippen MR) is 110 cm³/mol. The molecule has 0 bridgehead atoms. The lowest BCUT2D eigenvalue weighted by atomic mass is 9.57. The van der Waals surface area contributed by atoms with Crippen molar-refractivity contribution >= 4 is 29.9 Å². The fraction of sp³-hybridized carbons (Fsp3) is 0.944. The lowest BCUT2D eigenvalue weighted by molar-refractivity contribution is -0.106. The van der Waals surface area contributed by atoms with Gasteiger partial charge >= 0.3 is 0 Å². The van der Waals surface area contributed by atoms with E-state index >= 15 is 0 Å². The second-order valence-corrected chi connectivity index (χ2v) is 8.02. The van der Waals surface area contributed by atoms with Gasteiger partial charge in [-0.25, -0.2) is 0 Å². The van der Waals surface area contributed by atoms with Gasteiger partial charge in [0.25, 0.3) is 0 Å². The number of halogens is 1. The zero-order valence-electron chi connectivity index (χ0n) is 15.7. The smallest absolute Gasteiger partial charge is 0.191 e. The second kappa shape index (κ2) is 8.54. The number of hydrogen-bond acceptors (Lipinski definition) is 3. The highest BCUT2D eigenvalue weighted by Crippen LogP contribution is 2.52. The van der Waals surface area contributed by atoms with Gasteiger partial charge in [0.2, 0.25) is 0 Å². The molecular formula is C18H35IN4O. The van der Waals surface area contributed by atoms with Crippen molar-refractivity contribution < 1.29 is 4.74 Å². The maximum Gasteiger partial charge on any atom is 0.191 e. The Morgan fingerprint density at radius 3 is 2.54 bits per heavy atom. The summed E-state index contributed by atoms with van der Waals surface area (Å²) in [7, 11) is 1.88. The maximum atomic E-state index is 5.89. The van der Waals surface area contributed by atoms with Gasteiger partial charge in [-0.2, -0.15) is 0 Å². The zero-order valence-corrected chi connectivity index (χ0v) is 18.0. The van der Waals surface area contributed by atoms with Crippen LogP contribution in [0.2, 0.25) is 0 Å². The lowest BCUT2D eigenvalue weighted by Crippen LogP contribution is -2.68. The van der Waals surface area contributed by atoms with E-state index in [0.29, 0.717) is 24.1 Å². The second-order valence-electron chi connectivity index (χ2n) is 8.02. The molecule has 2 saturated heterocycles. The summed E-state index contributed by atoms with van der Waals surface area (Å²) in [6, 6.07) is 1.02. The molecule has 0 amide bonds. The van der Waals surface area contributed by atoms with Crippen LogP contribution < -0.4 is 10.6 Å². The molecule has 24 heavy (non-hydrogen) atoms. The average Bonchev–Trinajstić information content (AvgIpc) is 3.00. The minimum absolute atomic E-state index is 0. The van der Waals surface area contributed by atoms with Crippen LogP contribution in [0.15, 0.2) is 4.99 Å². The number of piperidine rings is 1. The van der Waals surface area contributed by atoms with Crippen molar-refractivity contribution in [1.82, 2.24) is 15.5 Å². The first-order valence-electron chi connectivity index (χ1n) is 9.40. The number of nitrogens with zero attached hydrogens (tertiary/aromatic N) is 2. The number of guanidine groups is 1. The Hall–Kier alpha value is -0.0800. The summed E-state index contributed by atoms with van der Waals surface area (Å²) in [5.74, 6) is 1.62. The molecule has 140 valence electrons. The van der Waals surface area contributed by atoms with Crippen molar-refractivity contribution in [3.05, 3.63) is 0 Å². The van der Waals surface area contributed by atoms with E-state index in [4.69, 9.17) is 4.74 Å². The monoisotopic (exact) mass is 450 g/mol. The molecule has 3 aliphatic rings. The largest absolute Gasteiger partial charge is 0.377 e. The van der Waals surface area contributed by atoms with E-state index < -0.39 is 0 Å². The summed E-state index contributed by atoms with van der Waals surface area (Å²) in [6.07, 6.45) is 5.28. The van der Waals surface area contributed by atoms with Crippen LogP contribution in [-0.4, -0.2) is 62.3 Å². The van der Waals surface area contributed by atoms with Crippen molar-refractivity contribution in [3.63, 3.8) is 0 Å². The minimum atomic E-state index is 0. The van der Waals surface area contributed by atoms with Crippen molar-refractivity contribution in [2.24, 2.45) is 16.3 Å². The van der Waals surface area contributed by atoms with Crippen LogP contribution in [0.25, 0.3) is 0 Å². The zero-order chi connectivity index (χ0) is 16.4. The van der Waals surface area contributed by atoms with Gasteiger partial charge in [-0.15, -0.1) is 24.0 Å². The first-order chi connectivity index (χ1) is 11.1. The van der Waals surface area contributed by atoms with Crippen LogP contribution in [0.5, 0.6) is 0 Å². The molecule has 6 heteroatoms. The lowest BCUT2D eigenvalue weighted by Gasteiger charge is -2.55. The summed E-state index contributed by atoms with van der Waals surface area (Å²) in [5.41, 5.74) is 0.198.